The molecule has 1 aliphatic heterocycles. The van der Waals surface area contributed by atoms with E-state index in [1.54, 1.807) is 16.7 Å². The maximum atomic E-state index is 12.2. The molecule has 0 amide bonds. The van der Waals surface area contributed by atoms with Gasteiger partial charge in [-0.15, -0.1) is 0 Å². The molecule has 2 heterocycles. The first kappa shape index (κ1) is 18.8. The highest BCUT2D eigenvalue weighted by Crippen LogP contribution is 2.23. The number of nitrogens with zero attached hydrogens (tertiary/aromatic N) is 3. The Bertz CT molecular complexity index is 821. The van der Waals surface area contributed by atoms with Crippen molar-refractivity contribution < 1.29 is 13.2 Å². The van der Waals surface area contributed by atoms with E-state index in [9.17, 15) is 8.42 Å². The first-order valence-electron chi connectivity index (χ1n) is 8.75. The molecule has 1 aromatic carbocycles. The predicted octanol–water partition coefficient (Wildman–Crippen LogP) is 2.13. The smallest absolute Gasteiger partial charge is 0.211 e. The molecule has 7 heteroatoms. The van der Waals surface area contributed by atoms with Crippen LogP contribution in [0.25, 0.3) is 0 Å². The van der Waals surface area contributed by atoms with Crippen molar-refractivity contribution in [1.82, 2.24) is 14.2 Å². The molecule has 1 saturated heterocycles. The lowest BCUT2D eigenvalue weighted by Gasteiger charge is -2.44. The SMILES string of the molecule is CCOc1cccc(CN2CC(N(Cc3ccncc3)S(C)(=O)=O)C2)c1. The van der Waals surface area contributed by atoms with E-state index in [1.165, 1.54) is 11.8 Å². The summed E-state index contributed by atoms with van der Waals surface area (Å²) in [6.07, 6.45) is 4.66. The monoisotopic (exact) mass is 375 g/mol. The molecule has 0 atom stereocenters. The number of benzene rings is 1. The summed E-state index contributed by atoms with van der Waals surface area (Å²) in [6.45, 7) is 5.26. The minimum Gasteiger partial charge on any atom is -0.494 e. The number of hydrogen-bond acceptors (Lipinski definition) is 5. The lowest BCUT2D eigenvalue weighted by atomic mass is 10.1. The average molecular weight is 375 g/mol. The van der Waals surface area contributed by atoms with Gasteiger partial charge in [0.05, 0.1) is 18.9 Å². The zero-order valence-electron chi connectivity index (χ0n) is 15.2. The van der Waals surface area contributed by atoms with E-state index in [4.69, 9.17) is 4.74 Å². The third-order valence-electron chi connectivity index (χ3n) is 4.47. The van der Waals surface area contributed by atoms with Gasteiger partial charge in [-0.05, 0) is 42.3 Å². The van der Waals surface area contributed by atoms with Gasteiger partial charge in [-0.3, -0.25) is 9.88 Å². The molecule has 0 N–H and O–H groups in total. The van der Waals surface area contributed by atoms with E-state index in [0.29, 0.717) is 13.2 Å². The van der Waals surface area contributed by atoms with Crippen LogP contribution < -0.4 is 4.74 Å². The molecular formula is C19H25N3O3S. The molecule has 140 valence electrons. The zero-order valence-corrected chi connectivity index (χ0v) is 16.0. The van der Waals surface area contributed by atoms with Crippen molar-refractivity contribution in [2.24, 2.45) is 0 Å². The largest absolute Gasteiger partial charge is 0.494 e. The lowest BCUT2D eigenvalue weighted by molar-refractivity contribution is 0.0698. The quantitative estimate of drug-likeness (QED) is 0.707. The number of sulfonamides is 1. The molecule has 3 rings (SSSR count). The Hall–Kier alpha value is -1.96. The number of aromatic nitrogens is 1. The third kappa shape index (κ3) is 4.81. The Morgan fingerprint density at radius 3 is 2.58 bits per heavy atom. The summed E-state index contributed by atoms with van der Waals surface area (Å²) < 4.78 is 31.6. The predicted molar refractivity (Wildman–Crippen MR) is 101 cm³/mol. The van der Waals surface area contributed by atoms with Crippen LogP contribution in [0, 0.1) is 0 Å². The summed E-state index contributed by atoms with van der Waals surface area (Å²) in [5.41, 5.74) is 2.13. The van der Waals surface area contributed by atoms with E-state index in [1.807, 2.05) is 37.3 Å². The zero-order chi connectivity index (χ0) is 18.6. The van der Waals surface area contributed by atoms with Gasteiger partial charge in [0.2, 0.25) is 10.0 Å². The van der Waals surface area contributed by atoms with Crippen molar-refractivity contribution in [2.45, 2.75) is 26.1 Å². The van der Waals surface area contributed by atoms with Crippen LogP contribution in [0.15, 0.2) is 48.8 Å². The van der Waals surface area contributed by atoms with Crippen LogP contribution in [0.1, 0.15) is 18.1 Å². The standard InChI is InChI=1S/C19H25N3O3S/c1-3-25-19-6-4-5-17(11-19)12-21-14-18(15-21)22(26(2,23)24)13-16-7-9-20-10-8-16/h4-11,18H,3,12-15H2,1-2H3. The second kappa shape index (κ2) is 8.16. The molecule has 1 aliphatic rings. The van der Waals surface area contributed by atoms with Gasteiger partial charge in [0.1, 0.15) is 5.75 Å². The fourth-order valence-electron chi connectivity index (χ4n) is 3.20. The molecular weight excluding hydrogens is 350 g/mol. The second-order valence-corrected chi connectivity index (χ2v) is 8.53. The maximum absolute atomic E-state index is 12.2. The van der Waals surface area contributed by atoms with E-state index in [-0.39, 0.29) is 6.04 Å². The van der Waals surface area contributed by atoms with E-state index in [2.05, 4.69) is 16.0 Å². The Morgan fingerprint density at radius 2 is 1.92 bits per heavy atom. The van der Waals surface area contributed by atoms with Gasteiger partial charge in [-0.1, -0.05) is 12.1 Å². The van der Waals surface area contributed by atoms with Crippen molar-refractivity contribution in [3.8, 4) is 5.75 Å². The number of rotatable bonds is 8. The van der Waals surface area contributed by atoms with Gasteiger partial charge in [0.15, 0.2) is 0 Å². The first-order valence-corrected chi connectivity index (χ1v) is 10.6. The van der Waals surface area contributed by atoms with E-state index < -0.39 is 10.0 Å². The van der Waals surface area contributed by atoms with Crippen LogP contribution in [0.3, 0.4) is 0 Å². The second-order valence-electron chi connectivity index (χ2n) is 6.59. The minimum atomic E-state index is -3.27. The summed E-state index contributed by atoms with van der Waals surface area (Å²) in [5, 5.41) is 0. The summed E-state index contributed by atoms with van der Waals surface area (Å²) in [5.74, 6) is 0.873. The highest BCUT2D eigenvalue weighted by Gasteiger charge is 2.36. The molecule has 2 aromatic rings. The number of ether oxygens (including phenoxy) is 1. The normalized spacial score (nSPS) is 15.8. The maximum Gasteiger partial charge on any atom is 0.211 e. The van der Waals surface area contributed by atoms with Gasteiger partial charge in [0, 0.05) is 38.6 Å². The van der Waals surface area contributed by atoms with Gasteiger partial charge >= 0.3 is 0 Å². The van der Waals surface area contributed by atoms with Crippen LogP contribution in [0.5, 0.6) is 5.75 Å². The van der Waals surface area contributed by atoms with Crippen LogP contribution in [0.2, 0.25) is 0 Å². The summed E-state index contributed by atoms with van der Waals surface area (Å²) in [6, 6.07) is 11.8. The fourth-order valence-corrected chi connectivity index (χ4v) is 4.26. The summed E-state index contributed by atoms with van der Waals surface area (Å²) in [4.78, 5) is 6.24. The van der Waals surface area contributed by atoms with E-state index >= 15 is 0 Å². The van der Waals surface area contributed by atoms with Crippen molar-refractivity contribution in [2.75, 3.05) is 26.0 Å². The summed E-state index contributed by atoms with van der Waals surface area (Å²) in [7, 11) is -3.27. The van der Waals surface area contributed by atoms with Crippen molar-refractivity contribution >= 4 is 10.0 Å². The van der Waals surface area contributed by atoms with Crippen molar-refractivity contribution in [1.29, 1.82) is 0 Å². The highest BCUT2D eigenvalue weighted by molar-refractivity contribution is 7.88. The molecule has 0 saturated carbocycles. The molecule has 0 bridgehead atoms. The van der Waals surface area contributed by atoms with E-state index in [0.717, 1.165) is 30.9 Å². The number of pyridine rings is 1. The van der Waals surface area contributed by atoms with Crippen molar-refractivity contribution in [3.63, 3.8) is 0 Å². The lowest BCUT2D eigenvalue weighted by Crippen LogP contribution is -2.59. The van der Waals surface area contributed by atoms with Gasteiger partial charge in [-0.2, -0.15) is 4.31 Å². The highest BCUT2D eigenvalue weighted by atomic mass is 32.2. The molecule has 26 heavy (non-hydrogen) atoms. The number of likely N-dealkylation sites (tertiary alicyclic amines) is 1. The number of hydrogen-bond donors (Lipinski definition) is 0. The molecule has 0 unspecified atom stereocenters. The molecule has 0 radical (unpaired) electrons. The Labute approximate surface area is 155 Å². The van der Waals surface area contributed by atoms with Gasteiger partial charge in [-0.25, -0.2) is 8.42 Å². The Kier molecular flexibility index (Phi) is 5.90. The average Bonchev–Trinajstić information content (AvgIpc) is 2.57. The molecule has 1 fully saturated rings. The molecule has 6 nitrogen and oxygen atoms in total. The van der Waals surface area contributed by atoms with Crippen LogP contribution >= 0.6 is 0 Å². The Balaban J connectivity index is 1.60. The molecule has 0 spiro atoms. The Morgan fingerprint density at radius 1 is 1.19 bits per heavy atom. The fraction of sp³-hybridized carbons (Fsp3) is 0.421. The van der Waals surface area contributed by atoms with Crippen molar-refractivity contribution in [3.05, 3.63) is 59.9 Å². The van der Waals surface area contributed by atoms with Gasteiger partial charge < -0.3 is 4.74 Å². The molecule has 1 aromatic heterocycles. The molecule has 0 aliphatic carbocycles. The first-order chi connectivity index (χ1) is 12.5. The van der Waals surface area contributed by atoms with Crippen LogP contribution in [-0.4, -0.2) is 54.6 Å². The summed E-state index contributed by atoms with van der Waals surface area (Å²) >= 11 is 0. The van der Waals surface area contributed by atoms with Gasteiger partial charge in [0.25, 0.3) is 0 Å². The topological polar surface area (TPSA) is 62.7 Å². The van der Waals surface area contributed by atoms with Crippen LogP contribution in [-0.2, 0) is 23.1 Å². The minimum absolute atomic E-state index is 0.00763. The third-order valence-corrected chi connectivity index (χ3v) is 5.75. The van der Waals surface area contributed by atoms with Crippen LogP contribution in [0.4, 0.5) is 0 Å².